The Hall–Kier alpha value is -1.73. The van der Waals surface area contributed by atoms with Gasteiger partial charge in [0, 0.05) is 23.4 Å². The molecule has 4 amide bonds. The number of thioether (sulfide) groups is 2. The summed E-state index contributed by atoms with van der Waals surface area (Å²) in [7, 11) is 1.41. The summed E-state index contributed by atoms with van der Waals surface area (Å²) in [6, 6.07) is 5.66. The summed E-state index contributed by atoms with van der Waals surface area (Å²) >= 11 is 2.85. The van der Waals surface area contributed by atoms with Gasteiger partial charge in [0.15, 0.2) is 0 Å². The van der Waals surface area contributed by atoms with E-state index in [1.807, 2.05) is 6.07 Å². The van der Waals surface area contributed by atoms with E-state index in [2.05, 4.69) is 32.9 Å². The molecule has 0 atom stereocenters. The number of amides is 4. The van der Waals surface area contributed by atoms with Gasteiger partial charge >= 0.3 is 6.03 Å². The zero-order valence-electron chi connectivity index (χ0n) is 14.9. The van der Waals surface area contributed by atoms with Crippen molar-refractivity contribution >= 4 is 41.4 Å². The highest BCUT2D eigenvalue weighted by molar-refractivity contribution is 8.24. The Kier molecular flexibility index (Phi) is 4.49. The molecule has 2 aliphatic rings. The van der Waals surface area contributed by atoms with Gasteiger partial charge in [0.2, 0.25) is 0 Å². The molecule has 0 aliphatic carbocycles. The Morgan fingerprint density at radius 2 is 1.64 bits per heavy atom. The third kappa shape index (κ3) is 3.00. The molecule has 1 fully saturated rings. The fourth-order valence-electron chi connectivity index (χ4n) is 2.66. The second-order valence-corrected chi connectivity index (χ2v) is 9.34. The van der Waals surface area contributed by atoms with Crippen LogP contribution in [0.3, 0.4) is 0 Å². The van der Waals surface area contributed by atoms with Gasteiger partial charge in [-0.1, -0.05) is 50.4 Å². The smallest absolute Gasteiger partial charge is 0.268 e. The van der Waals surface area contributed by atoms with Crippen molar-refractivity contribution in [1.29, 1.82) is 0 Å². The summed E-state index contributed by atoms with van der Waals surface area (Å²) in [5, 5.41) is 0. The summed E-state index contributed by atoms with van der Waals surface area (Å²) in [4.78, 5) is 41.5. The van der Waals surface area contributed by atoms with E-state index >= 15 is 0 Å². The predicted octanol–water partition coefficient (Wildman–Crippen LogP) is 3.83. The molecule has 1 saturated heterocycles. The van der Waals surface area contributed by atoms with Crippen LogP contribution in [0.1, 0.15) is 33.3 Å². The van der Waals surface area contributed by atoms with Crippen LogP contribution in [0.2, 0.25) is 0 Å². The first-order chi connectivity index (χ1) is 11.6. The number of barbiturate groups is 1. The normalized spacial score (nSPS) is 21.2. The van der Waals surface area contributed by atoms with Gasteiger partial charge in [-0.15, -0.1) is 0 Å². The summed E-state index contributed by atoms with van der Waals surface area (Å²) in [6.45, 7) is 8.40. The van der Waals surface area contributed by atoms with E-state index in [1.54, 1.807) is 6.92 Å². The summed E-state index contributed by atoms with van der Waals surface area (Å²) in [5.74, 6) is -1.03. The first-order valence-electron chi connectivity index (χ1n) is 8.03. The third-order valence-electron chi connectivity index (χ3n) is 4.23. The van der Waals surface area contributed by atoms with Crippen molar-refractivity contribution in [2.45, 2.75) is 42.9 Å². The number of carbonyl (C=O) groups excluding carboxylic acids is 3. The van der Waals surface area contributed by atoms with Crippen molar-refractivity contribution in [2.75, 3.05) is 13.6 Å². The zero-order valence-corrected chi connectivity index (χ0v) is 16.5. The fourth-order valence-corrected chi connectivity index (χ4v) is 5.22. The highest BCUT2D eigenvalue weighted by Gasteiger charge is 2.42. The maximum absolute atomic E-state index is 12.7. The molecule has 0 spiro atoms. The van der Waals surface area contributed by atoms with Gasteiger partial charge in [-0.25, -0.2) is 4.79 Å². The van der Waals surface area contributed by atoms with E-state index in [1.165, 1.54) is 36.1 Å². The lowest BCUT2D eigenvalue weighted by Crippen LogP contribution is -2.54. The van der Waals surface area contributed by atoms with Crippen LogP contribution in [0, 0.1) is 0 Å². The van der Waals surface area contributed by atoms with Crippen molar-refractivity contribution in [1.82, 2.24) is 9.80 Å². The summed E-state index contributed by atoms with van der Waals surface area (Å²) < 4.78 is 0.647. The number of fused-ring (bicyclic) bond motifs is 1. The van der Waals surface area contributed by atoms with Crippen LogP contribution in [0.15, 0.2) is 37.8 Å². The lowest BCUT2D eigenvalue weighted by atomic mass is 9.87. The van der Waals surface area contributed by atoms with Crippen LogP contribution in [-0.2, 0) is 15.0 Å². The molecule has 132 valence electrons. The molecule has 0 aromatic heterocycles. The van der Waals surface area contributed by atoms with Gasteiger partial charge in [0.05, 0.1) is 4.24 Å². The number of nitrogens with zero attached hydrogens (tertiary/aromatic N) is 2. The Bertz CT molecular complexity index is 824. The molecular weight excluding hydrogens is 356 g/mol. The molecule has 0 N–H and O–H groups in total. The number of rotatable bonds is 1. The van der Waals surface area contributed by atoms with Gasteiger partial charge in [0.1, 0.15) is 5.57 Å². The van der Waals surface area contributed by atoms with E-state index < -0.39 is 17.8 Å². The first kappa shape index (κ1) is 18.1. The first-order valence-corrected chi connectivity index (χ1v) is 9.66. The van der Waals surface area contributed by atoms with Crippen LogP contribution in [0.25, 0.3) is 0 Å². The molecule has 0 radical (unpaired) electrons. The number of carbonyl (C=O) groups is 3. The van der Waals surface area contributed by atoms with Crippen molar-refractivity contribution in [3.05, 3.63) is 33.6 Å². The average molecular weight is 377 g/mol. The third-order valence-corrected chi connectivity index (χ3v) is 6.77. The molecule has 0 unspecified atom stereocenters. The maximum Gasteiger partial charge on any atom is 0.333 e. The second-order valence-electron chi connectivity index (χ2n) is 6.97. The molecule has 0 saturated carbocycles. The molecule has 1 aromatic carbocycles. The van der Waals surface area contributed by atoms with Crippen molar-refractivity contribution in [3.8, 4) is 0 Å². The Balaban J connectivity index is 2.02. The van der Waals surface area contributed by atoms with Crippen molar-refractivity contribution in [3.63, 3.8) is 0 Å². The lowest BCUT2D eigenvalue weighted by molar-refractivity contribution is -0.134. The molecule has 3 rings (SSSR count). The van der Waals surface area contributed by atoms with Crippen LogP contribution >= 0.6 is 23.5 Å². The molecule has 0 bridgehead atoms. The highest BCUT2D eigenvalue weighted by atomic mass is 32.2. The predicted molar refractivity (Wildman–Crippen MR) is 99.4 cm³/mol. The number of hydrogen-bond acceptors (Lipinski definition) is 5. The van der Waals surface area contributed by atoms with E-state index in [4.69, 9.17) is 0 Å². The number of imide groups is 2. The second kappa shape index (κ2) is 6.21. The highest BCUT2D eigenvalue weighted by Crippen LogP contribution is 2.53. The van der Waals surface area contributed by atoms with Gasteiger partial charge in [-0.05, 0) is 30.0 Å². The molecule has 2 heterocycles. The number of benzene rings is 1. The van der Waals surface area contributed by atoms with E-state index in [0.717, 1.165) is 19.6 Å². The van der Waals surface area contributed by atoms with Crippen LogP contribution < -0.4 is 0 Å². The monoisotopic (exact) mass is 376 g/mol. The van der Waals surface area contributed by atoms with Gasteiger partial charge < -0.3 is 0 Å². The van der Waals surface area contributed by atoms with Crippen molar-refractivity contribution < 1.29 is 14.4 Å². The SMILES string of the molecule is CCN1C(=O)C(=C2Sc3ccc(C(C)(C)C)cc3S2)C(=O)N(C)C1=O. The number of likely N-dealkylation sites (N-methyl/N-ethyl adjacent to an activating group) is 2. The number of hydrogen-bond donors (Lipinski definition) is 0. The molecule has 25 heavy (non-hydrogen) atoms. The Labute approximate surface area is 155 Å². The topological polar surface area (TPSA) is 57.7 Å². The van der Waals surface area contributed by atoms with Crippen LogP contribution in [0.4, 0.5) is 4.79 Å². The fraction of sp³-hybridized carbons (Fsp3) is 0.389. The summed E-state index contributed by atoms with van der Waals surface area (Å²) in [5.41, 5.74) is 1.32. The lowest BCUT2D eigenvalue weighted by Gasteiger charge is -2.31. The van der Waals surface area contributed by atoms with Crippen LogP contribution in [-0.4, -0.2) is 41.2 Å². The molecule has 5 nitrogen and oxygen atoms in total. The van der Waals surface area contributed by atoms with Gasteiger partial charge in [0.25, 0.3) is 11.8 Å². The largest absolute Gasteiger partial charge is 0.333 e. The van der Waals surface area contributed by atoms with E-state index in [0.29, 0.717) is 4.24 Å². The standard InChI is InChI=1S/C18H20N2O3S2/c1-6-20-15(22)13(14(21)19(5)17(20)23)16-24-11-8-7-10(18(2,3)4)9-12(11)25-16/h7-9H,6H2,1-5H3. The molecule has 1 aromatic rings. The van der Waals surface area contributed by atoms with E-state index in [-0.39, 0.29) is 17.5 Å². The van der Waals surface area contributed by atoms with Crippen molar-refractivity contribution in [2.24, 2.45) is 0 Å². The molecule has 2 aliphatic heterocycles. The molecular formula is C18H20N2O3S2. The van der Waals surface area contributed by atoms with Gasteiger partial charge in [-0.3, -0.25) is 19.4 Å². The minimum absolute atomic E-state index is 0.0261. The van der Waals surface area contributed by atoms with Gasteiger partial charge in [-0.2, -0.15) is 0 Å². The Morgan fingerprint density at radius 1 is 1.00 bits per heavy atom. The van der Waals surface area contributed by atoms with E-state index in [9.17, 15) is 14.4 Å². The minimum atomic E-state index is -0.567. The summed E-state index contributed by atoms with van der Waals surface area (Å²) in [6.07, 6.45) is 0. The van der Waals surface area contributed by atoms with Crippen LogP contribution in [0.5, 0.6) is 0 Å². The average Bonchev–Trinajstić information content (AvgIpc) is 2.95. The Morgan fingerprint density at radius 3 is 2.24 bits per heavy atom. The zero-order chi connectivity index (χ0) is 18.5. The maximum atomic E-state index is 12.7. The molecule has 7 heteroatoms. The minimum Gasteiger partial charge on any atom is -0.268 e. The quantitative estimate of drug-likeness (QED) is 0.551. The number of urea groups is 1.